The maximum Gasteiger partial charge on any atom is 0.250 e. The van der Waals surface area contributed by atoms with E-state index in [4.69, 9.17) is 0 Å². The van der Waals surface area contributed by atoms with E-state index in [2.05, 4.69) is 31.3 Å². The third-order valence-electron chi connectivity index (χ3n) is 3.04. The highest BCUT2D eigenvalue weighted by molar-refractivity contribution is 5.83. The van der Waals surface area contributed by atoms with Crippen LogP contribution in [0.1, 0.15) is 36.1 Å². The lowest BCUT2D eigenvalue weighted by Gasteiger charge is -2.11. The summed E-state index contributed by atoms with van der Waals surface area (Å²) in [6.45, 7) is 4.32. The molecular weight excluding hydrogens is 198 g/mol. The van der Waals surface area contributed by atoms with Gasteiger partial charge in [-0.1, -0.05) is 26.0 Å². The van der Waals surface area contributed by atoms with E-state index in [0.717, 1.165) is 24.0 Å². The third kappa shape index (κ3) is 2.01. The highest BCUT2D eigenvalue weighted by Gasteiger charge is 2.13. The zero-order valence-electron chi connectivity index (χ0n) is 9.79. The third-order valence-corrected chi connectivity index (χ3v) is 3.04. The Morgan fingerprint density at radius 3 is 2.56 bits per heavy atom. The molecule has 1 aliphatic rings. The fraction of sp³-hybridized carbons (Fsp3) is 0.357. The van der Waals surface area contributed by atoms with Crippen molar-refractivity contribution in [3.63, 3.8) is 0 Å². The maximum absolute atomic E-state index is 11.4. The Bertz CT molecular complexity index is 446. The van der Waals surface area contributed by atoms with Crippen LogP contribution in [-0.2, 0) is 24.1 Å². The SMILES string of the molecule is CCc1cc2c(cc1CC)CC(=O)[N]C=C2. The van der Waals surface area contributed by atoms with Crippen LogP contribution in [-0.4, -0.2) is 5.91 Å². The minimum absolute atomic E-state index is 0.0544. The highest BCUT2D eigenvalue weighted by atomic mass is 16.1. The molecule has 0 saturated heterocycles. The fourth-order valence-corrected chi connectivity index (χ4v) is 2.14. The Labute approximate surface area is 96.4 Å². The number of carbonyl (C=O) groups is 1. The van der Waals surface area contributed by atoms with Gasteiger partial charge in [-0.15, -0.1) is 0 Å². The van der Waals surface area contributed by atoms with E-state index >= 15 is 0 Å². The van der Waals surface area contributed by atoms with Gasteiger partial charge >= 0.3 is 0 Å². The molecule has 0 aliphatic carbocycles. The minimum atomic E-state index is -0.0544. The molecule has 2 rings (SSSR count). The molecule has 1 aliphatic heterocycles. The van der Waals surface area contributed by atoms with Crippen LogP contribution in [0, 0.1) is 0 Å². The van der Waals surface area contributed by atoms with Crippen LogP contribution >= 0.6 is 0 Å². The summed E-state index contributed by atoms with van der Waals surface area (Å²) < 4.78 is 0. The van der Waals surface area contributed by atoms with Gasteiger partial charge in [-0.2, -0.15) is 0 Å². The summed E-state index contributed by atoms with van der Waals surface area (Å²) in [5, 5.41) is 3.83. The molecule has 0 atom stereocenters. The summed E-state index contributed by atoms with van der Waals surface area (Å²) in [7, 11) is 0. The standard InChI is InChI=1S/C14H16NO/c1-3-10-7-12-5-6-15-14(16)9-13(12)8-11(10)4-2/h5-8H,3-4,9H2,1-2H3. The topological polar surface area (TPSA) is 31.2 Å². The van der Waals surface area contributed by atoms with E-state index in [1.807, 2.05) is 6.08 Å². The van der Waals surface area contributed by atoms with Gasteiger partial charge in [0.05, 0.1) is 6.42 Å². The number of nitrogens with zero attached hydrogens (tertiary/aromatic N) is 1. The molecule has 2 heteroatoms. The zero-order chi connectivity index (χ0) is 11.5. The van der Waals surface area contributed by atoms with Crippen molar-refractivity contribution in [3.8, 4) is 0 Å². The van der Waals surface area contributed by atoms with E-state index in [0.29, 0.717) is 6.42 Å². The number of hydrogen-bond acceptors (Lipinski definition) is 1. The smallest absolute Gasteiger partial charge is 0.250 e. The van der Waals surface area contributed by atoms with Gasteiger partial charge < -0.3 is 0 Å². The average Bonchev–Trinajstić information content (AvgIpc) is 2.47. The lowest BCUT2D eigenvalue weighted by Crippen LogP contribution is -2.11. The number of carbonyl (C=O) groups excluding carboxylic acids is 1. The van der Waals surface area contributed by atoms with Crippen LogP contribution in [0.2, 0.25) is 0 Å². The lowest BCUT2D eigenvalue weighted by molar-refractivity contribution is -0.119. The van der Waals surface area contributed by atoms with Crippen molar-refractivity contribution in [1.29, 1.82) is 0 Å². The Hall–Kier alpha value is -1.57. The second kappa shape index (κ2) is 4.52. The molecule has 1 aromatic rings. The summed E-state index contributed by atoms with van der Waals surface area (Å²) >= 11 is 0. The first kappa shape index (κ1) is 10.9. The monoisotopic (exact) mass is 214 g/mol. The van der Waals surface area contributed by atoms with Gasteiger partial charge in [0.15, 0.2) is 0 Å². The highest BCUT2D eigenvalue weighted by Crippen LogP contribution is 2.21. The van der Waals surface area contributed by atoms with Crippen molar-refractivity contribution in [3.05, 3.63) is 40.6 Å². The van der Waals surface area contributed by atoms with Crippen molar-refractivity contribution in [2.24, 2.45) is 0 Å². The van der Waals surface area contributed by atoms with Crippen molar-refractivity contribution in [2.45, 2.75) is 33.1 Å². The van der Waals surface area contributed by atoms with Gasteiger partial charge in [0.1, 0.15) is 0 Å². The van der Waals surface area contributed by atoms with Crippen molar-refractivity contribution in [2.75, 3.05) is 0 Å². The van der Waals surface area contributed by atoms with Gasteiger partial charge in [0.25, 0.3) is 0 Å². The Morgan fingerprint density at radius 1 is 1.19 bits per heavy atom. The fourth-order valence-electron chi connectivity index (χ4n) is 2.14. The van der Waals surface area contributed by atoms with E-state index < -0.39 is 0 Å². The van der Waals surface area contributed by atoms with Crippen LogP contribution in [0.5, 0.6) is 0 Å². The second-order valence-corrected chi connectivity index (χ2v) is 4.04. The summed E-state index contributed by atoms with van der Waals surface area (Å²) in [4.78, 5) is 11.4. The van der Waals surface area contributed by atoms with E-state index in [1.165, 1.54) is 11.1 Å². The number of amides is 1. The minimum Gasteiger partial charge on any atom is -0.272 e. The number of hydrogen-bond donors (Lipinski definition) is 0. The van der Waals surface area contributed by atoms with Gasteiger partial charge in [-0.3, -0.25) is 4.79 Å². The van der Waals surface area contributed by atoms with Crippen LogP contribution in [0.3, 0.4) is 0 Å². The lowest BCUT2D eigenvalue weighted by atomic mass is 9.94. The Kier molecular flexibility index (Phi) is 3.09. The zero-order valence-corrected chi connectivity index (χ0v) is 9.79. The number of aryl methyl sites for hydroxylation is 2. The van der Waals surface area contributed by atoms with Crippen molar-refractivity contribution in [1.82, 2.24) is 5.32 Å². The largest absolute Gasteiger partial charge is 0.272 e. The molecular formula is C14H16NO. The first-order valence-corrected chi connectivity index (χ1v) is 5.79. The summed E-state index contributed by atoms with van der Waals surface area (Å²) in [5.41, 5.74) is 4.98. The molecule has 1 aromatic carbocycles. The van der Waals surface area contributed by atoms with E-state index in [1.54, 1.807) is 6.20 Å². The van der Waals surface area contributed by atoms with Crippen LogP contribution in [0.15, 0.2) is 18.3 Å². The molecule has 0 spiro atoms. The van der Waals surface area contributed by atoms with Crippen LogP contribution < -0.4 is 5.32 Å². The Morgan fingerprint density at radius 2 is 1.88 bits per heavy atom. The molecule has 0 bridgehead atoms. The van der Waals surface area contributed by atoms with E-state index in [9.17, 15) is 4.79 Å². The molecule has 1 radical (unpaired) electrons. The molecule has 16 heavy (non-hydrogen) atoms. The number of fused-ring (bicyclic) bond motifs is 1. The first-order valence-electron chi connectivity index (χ1n) is 5.79. The summed E-state index contributed by atoms with van der Waals surface area (Å²) in [6, 6.07) is 4.36. The van der Waals surface area contributed by atoms with Gasteiger partial charge in [-0.05, 0) is 41.2 Å². The number of benzene rings is 1. The molecule has 1 amide bonds. The molecule has 1 heterocycles. The molecule has 0 saturated carbocycles. The molecule has 0 aromatic heterocycles. The van der Waals surface area contributed by atoms with Crippen molar-refractivity contribution < 1.29 is 4.79 Å². The summed E-state index contributed by atoms with van der Waals surface area (Å²) in [6.07, 6.45) is 6.03. The summed E-state index contributed by atoms with van der Waals surface area (Å²) in [5.74, 6) is -0.0544. The number of rotatable bonds is 2. The maximum atomic E-state index is 11.4. The molecule has 83 valence electrons. The second-order valence-electron chi connectivity index (χ2n) is 4.04. The van der Waals surface area contributed by atoms with Crippen LogP contribution in [0.25, 0.3) is 6.08 Å². The molecule has 2 nitrogen and oxygen atoms in total. The van der Waals surface area contributed by atoms with Crippen LogP contribution in [0.4, 0.5) is 0 Å². The normalized spacial score (nSPS) is 14.2. The predicted octanol–water partition coefficient (Wildman–Crippen LogP) is 2.47. The van der Waals surface area contributed by atoms with Gasteiger partial charge in [0.2, 0.25) is 5.91 Å². The van der Waals surface area contributed by atoms with Gasteiger partial charge in [-0.25, -0.2) is 5.32 Å². The molecule has 0 unspecified atom stereocenters. The van der Waals surface area contributed by atoms with Gasteiger partial charge in [0, 0.05) is 6.20 Å². The molecule has 0 N–H and O–H groups in total. The Balaban J connectivity index is 2.51. The first-order chi connectivity index (χ1) is 7.74. The quantitative estimate of drug-likeness (QED) is 0.744. The average molecular weight is 214 g/mol. The molecule has 0 fully saturated rings. The predicted molar refractivity (Wildman–Crippen MR) is 65.1 cm³/mol. The van der Waals surface area contributed by atoms with Crippen molar-refractivity contribution >= 4 is 12.0 Å². The van der Waals surface area contributed by atoms with E-state index in [-0.39, 0.29) is 5.91 Å².